The number of rotatable bonds is 5. The van der Waals surface area contributed by atoms with Crippen molar-refractivity contribution in [2.75, 3.05) is 26.7 Å². The van der Waals surface area contributed by atoms with Crippen LogP contribution in [0.5, 0.6) is 0 Å². The maximum Gasteiger partial charge on any atom is 0.191 e. The average Bonchev–Trinajstić information content (AvgIpc) is 3.27. The Balaban J connectivity index is 1.42. The van der Waals surface area contributed by atoms with Crippen LogP contribution < -0.4 is 10.6 Å². The molecule has 0 spiro atoms. The normalized spacial score (nSPS) is 22.5. The summed E-state index contributed by atoms with van der Waals surface area (Å²) in [5.74, 6) is -0.284. The zero-order valence-electron chi connectivity index (χ0n) is 14.9. The highest BCUT2D eigenvalue weighted by Crippen LogP contribution is 2.26. The van der Waals surface area contributed by atoms with Crippen LogP contribution in [0.3, 0.4) is 0 Å². The molecule has 1 saturated carbocycles. The van der Waals surface area contributed by atoms with Crippen molar-refractivity contribution >= 4 is 5.96 Å². The van der Waals surface area contributed by atoms with Crippen molar-refractivity contribution < 1.29 is 8.78 Å². The standard InChI is InChI=1S/C19H28F2N4/c1-22-19(23-10-8-14-6-7-15(20)12-18(14)21)24-16-9-11-25(13-16)17-4-2-3-5-17/h6-7,12,16-17H,2-5,8-11,13H2,1H3,(H2,22,23,24). The van der Waals surface area contributed by atoms with E-state index in [1.165, 1.54) is 37.8 Å². The number of aliphatic imine (C=N–C) groups is 1. The van der Waals surface area contributed by atoms with Crippen LogP contribution in [-0.2, 0) is 6.42 Å². The molecular formula is C19H28F2N4. The predicted molar refractivity (Wildman–Crippen MR) is 96.8 cm³/mol. The maximum atomic E-state index is 13.7. The van der Waals surface area contributed by atoms with E-state index in [-0.39, 0.29) is 0 Å². The van der Waals surface area contributed by atoms with Gasteiger partial charge in [-0.2, -0.15) is 0 Å². The van der Waals surface area contributed by atoms with Crippen LogP contribution in [0.25, 0.3) is 0 Å². The summed E-state index contributed by atoms with van der Waals surface area (Å²) in [6, 6.07) is 4.90. The van der Waals surface area contributed by atoms with E-state index in [9.17, 15) is 8.78 Å². The summed E-state index contributed by atoms with van der Waals surface area (Å²) in [5.41, 5.74) is 0.512. The molecule has 1 unspecified atom stereocenters. The van der Waals surface area contributed by atoms with Crippen molar-refractivity contribution in [3.8, 4) is 0 Å². The molecule has 1 atom stereocenters. The highest BCUT2D eigenvalue weighted by molar-refractivity contribution is 5.80. The van der Waals surface area contributed by atoms with Crippen LogP contribution >= 0.6 is 0 Å². The van der Waals surface area contributed by atoms with Gasteiger partial charge in [-0.15, -0.1) is 0 Å². The molecule has 25 heavy (non-hydrogen) atoms. The van der Waals surface area contributed by atoms with Crippen LogP contribution in [0.4, 0.5) is 8.78 Å². The minimum Gasteiger partial charge on any atom is -0.356 e. The molecule has 0 radical (unpaired) electrons. The van der Waals surface area contributed by atoms with Gasteiger partial charge in [0, 0.05) is 44.8 Å². The lowest BCUT2D eigenvalue weighted by Crippen LogP contribution is -2.45. The van der Waals surface area contributed by atoms with E-state index in [0.29, 0.717) is 24.6 Å². The quantitative estimate of drug-likeness (QED) is 0.634. The Bertz CT molecular complexity index is 599. The molecule has 0 aromatic heterocycles. The molecule has 1 saturated heterocycles. The molecule has 1 aromatic rings. The lowest BCUT2D eigenvalue weighted by Gasteiger charge is -2.24. The first kappa shape index (κ1) is 18.1. The fraction of sp³-hybridized carbons (Fsp3) is 0.632. The summed E-state index contributed by atoms with van der Waals surface area (Å²) in [4.78, 5) is 6.87. The second-order valence-corrected chi connectivity index (χ2v) is 7.05. The third-order valence-corrected chi connectivity index (χ3v) is 5.33. The molecule has 1 aliphatic carbocycles. The minimum absolute atomic E-state index is 0.411. The van der Waals surface area contributed by atoms with Gasteiger partial charge in [0.25, 0.3) is 0 Å². The van der Waals surface area contributed by atoms with Gasteiger partial charge in [-0.1, -0.05) is 18.9 Å². The first-order valence-corrected chi connectivity index (χ1v) is 9.31. The van der Waals surface area contributed by atoms with Crippen molar-refractivity contribution in [2.24, 2.45) is 4.99 Å². The van der Waals surface area contributed by atoms with Gasteiger partial charge in [0.2, 0.25) is 0 Å². The Labute approximate surface area is 148 Å². The second kappa shape index (κ2) is 8.61. The number of benzene rings is 1. The van der Waals surface area contributed by atoms with E-state index in [2.05, 4.69) is 20.5 Å². The zero-order valence-corrected chi connectivity index (χ0v) is 14.9. The smallest absolute Gasteiger partial charge is 0.191 e. The topological polar surface area (TPSA) is 39.7 Å². The van der Waals surface area contributed by atoms with Crippen molar-refractivity contribution in [2.45, 2.75) is 50.6 Å². The van der Waals surface area contributed by atoms with Gasteiger partial charge in [-0.3, -0.25) is 9.89 Å². The van der Waals surface area contributed by atoms with Gasteiger partial charge >= 0.3 is 0 Å². The van der Waals surface area contributed by atoms with Crippen LogP contribution in [0.2, 0.25) is 0 Å². The SMILES string of the molecule is CN=C(NCCc1ccc(F)cc1F)NC1CCN(C2CCCC2)C1. The molecule has 3 rings (SSSR count). The number of hydrogen-bond donors (Lipinski definition) is 2. The number of hydrogen-bond acceptors (Lipinski definition) is 2. The fourth-order valence-corrected chi connectivity index (χ4v) is 3.93. The predicted octanol–water partition coefficient (Wildman–Crippen LogP) is 2.69. The Kier molecular flexibility index (Phi) is 6.24. The van der Waals surface area contributed by atoms with E-state index in [1.54, 1.807) is 7.05 Å². The van der Waals surface area contributed by atoms with Crippen molar-refractivity contribution in [3.05, 3.63) is 35.4 Å². The van der Waals surface area contributed by atoms with Gasteiger partial charge < -0.3 is 10.6 Å². The van der Waals surface area contributed by atoms with Gasteiger partial charge in [-0.25, -0.2) is 8.78 Å². The molecule has 4 nitrogen and oxygen atoms in total. The average molecular weight is 350 g/mol. The third-order valence-electron chi connectivity index (χ3n) is 5.33. The second-order valence-electron chi connectivity index (χ2n) is 7.05. The molecule has 138 valence electrons. The molecule has 2 aliphatic rings. The van der Waals surface area contributed by atoms with Crippen molar-refractivity contribution in [1.82, 2.24) is 15.5 Å². The Morgan fingerprint density at radius 1 is 1.24 bits per heavy atom. The molecule has 1 aliphatic heterocycles. The van der Waals surface area contributed by atoms with E-state index >= 15 is 0 Å². The highest BCUT2D eigenvalue weighted by atomic mass is 19.1. The van der Waals surface area contributed by atoms with Crippen molar-refractivity contribution in [1.29, 1.82) is 0 Å². The van der Waals surface area contributed by atoms with Gasteiger partial charge in [0.05, 0.1) is 0 Å². The Morgan fingerprint density at radius 2 is 2.04 bits per heavy atom. The van der Waals surface area contributed by atoms with Gasteiger partial charge in [-0.05, 0) is 37.3 Å². The number of halogens is 2. The lowest BCUT2D eigenvalue weighted by molar-refractivity contribution is 0.242. The molecule has 2 fully saturated rings. The number of nitrogens with zero attached hydrogens (tertiary/aromatic N) is 2. The monoisotopic (exact) mass is 350 g/mol. The molecule has 6 heteroatoms. The summed E-state index contributed by atoms with van der Waals surface area (Å²) in [5, 5.41) is 6.70. The van der Waals surface area contributed by atoms with Gasteiger partial charge in [0.15, 0.2) is 5.96 Å². The van der Waals surface area contributed by atoms with E-state index in [1.807, 2.05) is 0 Å². The van der Waals surface area contributed by atoms with Crippen LogP contribution in [0, 0.1) is 11.6 Å². The van der Waals surface area contributed by atoms with Crippen LogP contribution in [0.1, 0.15) is 37.7 Å². The highest BCUT2D eigenvalue weighted by Gasteiger charge is 2.30. The number of nitrogens with one attached hydrogen (secondary N) is 2. The molecule has 1 aromatic carbocycles. The van der Waals surface area contributed by atoms with Crippen LogP contribution in [-0.4, -0.2) is 49.6 Å². The summed E-state index contributed by atoms with van der Waals surface area (Å²) in [7, 11) is 1.75. The Hall–Kier alpha value is -1.69. The van der Waals surface area contributed by atoms with Crippen LogP contribution in [0.15, 0.2) is 23.2 Å². The summed E-state index contributed by atoms with van der Waals surface area (Å²) < 4.78 is 26.6. The largest absolute Gasteiger partial charge is 0.356 e. The third kappa shape index (κ3) is 4.91. The van der Waals surface area contributed by atoms with E-state index < -0.39 is 11.6 Å². The first-order chi connectivity index (χ1) is 12.2. The van der Waals surface area contributed by atoms with E-state index in [0.717, 1.165) is 37.6 Å². The van der Waals surface area contributed by atoms with Gasteiger partial charge in [0.1, 0.15) is 11.6 Å². The first-order valence-electron chi connectivity index (χ1n) is 9.31. The summed E-state index contributed by atoms with van der Waals surface area (Å²) in [6.45, 7) is 2.78. The summed E-state index contributed by atoms with van der Waals surface area (Å²) in [6.07, 6.45) is 7.02. The lowest BCUT2D eigenvalue weighted by atomic mass is 10.1. The number of guanidine groups is 1. The maximum absolute atomic E-state index is 13.7. The molecule has 2 N–H and O–H groups in total. The molecule has 0 bridgehead atoms. The summed E-state index contributed by atoms with van der Waals surface area (Å²) >= 11 is 0. The van der Waals surface area contributed by atoms with E-state index in [4.69, 9.17) is 0 Å². The number of likely N-dealkylation sites (tertiary alicyclic amines) is 1. The minimum atomic E-state index is -0.542. The fourth-order valence-electron chi connectivity index (χ4n) is 3.93. The molecule has 1 heterocycles. The molecule has 0 amide bonds. The molecular weight excluding hydrogens is 322 g/mol. The van der Waals surface area contributed by atoms with Crippen molar-refractivity contribution in [3.63, 3.8) is 0 Å². The zero-order chi connectivity index (χ0) is 17.6. The Morgan fingerprint density at radius 3 is 2.76 bits per heavy atom.